The summed E-state index contributed by atoms with van der Waals surface area (Å²) >= 11 is 0. The van der Waals surface area contributed by atoms with Crippen LogP contribution in [0, 0.1) is 0 Å². The summed E-state index contributed by atoms with van der Waals surface area (Å²) < 4.78 is 41.8. The molecule has 0 aromatic carbocycles. The van der Waals surface area contributed by atoms with E-state index in [-0.39, 0.29) is 12.5 Å². The lowest BCUT2D eigenvalue weighted by molar-refractivity contribution is -0.141. The van der Waals surface area contributed by atoms with Crippen molar-refractivity contribution >= 4 is 0 Å². The molecule has 0 N–H and O–H groups in total. The average Bonchev–Trinajstić information content (AvgIpc) is 2.60. The minimum atomic E-state index is -4.50. The van der Waals surface area contributed by atoms with Crippen molar-refractivity contribution in [3.63, 3.8) is 0 Å². The van der Waals surface area contributed by atoms with Gasteiger partial charge in [0, 0.05) is 10.5 Å². The van der Waals surface area contributed by atoms with E-state index in [0.717, 1.165) is 6.07 Å². The molecule has 1 aromatic heterocycles. The Hall–Kier alpha value is -1.95. The molecule has 84 valence electrons. The maximum Gasteiger partial charge on any atom is 0.433 e. The fourth-order valence-corrected chi connectivity index (χ4v) is 1.38. The molecule has 8 heteroatoms. The first-order valence-electron chi connectivity index (χ1n) is 4.27. The molecule has 0 saturated carbocycles. The molecule has 1 aliphatic rings. The Kier molecular flexibility index (Phi) is 2.35. The van der Waals surface area contributed by atoms with E-state index < -0.39 is 17.9 Å². The Labute approximate surface area is 87.5 Å². The summed E-state index contributed by atoms with van der Waals surface area (Å²) in [5, 5.41) is 3.39. The maximum atomic E-state index is 12.3. The Morgan fingerprint density at radius 3 is 2.88 bits per heavy atom. The molecule has 1 aliphatic heterocycles. The standard InChI is InChI=1S/C8H5F3N4O/c9-8(10,11)6-2-1-4-5(14-15-12)3-16-7(4)13-6/h1-2,5H,3H2/t5-/m1/s1. The van der Waals surface area contributed by atoms with Gasteiger partial charge < -0.3 is 4.74 Å². The van der Waals surface area contributed by atoms with Crippen LogP contribution in [0.25, 0.3) is 10.4 Å². The number of rotatable bonds is 1. The van der Waals surface area contributed by atoms with Gasteiger partial charge in [-0.05, 0) is 11.6 Å². The molecule has 0 saturated heterocycles. The van der Waals surface area contributed by atoms with Crippen molar-refractivity contribution in [1.82, 2.24) is 4.98 Å². The van der Waals surface area contributed by atoms with Gasteiger partial charge in [0.1, 0.15) is 18.3 Å². The average molecular weight is 230 g/mol. The molecule has 2 rings (SSSR count). The van der Waals surface area contributed by atoms with Crippen LogP contribution in [0.5, 0.6) is 5.88 Å². The van der Waals surface area contributed by atoms with E-state index in [1.807, 2.05) is 0 Å². The number of aromatic nitrogens is 1. The van der Waals surface area contributed by atoms with Crippen molar-refractivity contribution in [2.75, 3.05) is 6.61 Å². The highest BCUT2D eigenvalue weighted by Gasteiger charge is 2.35. The topological polar surface area (TPSA) is 70.9 Å². The lowest BCUT2D eigenvalue weighted by Crippen LogP contribution is -2.08. The number of alkyl halides is 3. The van der Waals surface area contributed by atoms with Gasteiger partial charge in [-0.15, -0.1) is 0 Å². The predicted molar refractivity (Wildman–Crippen MR) is 46.6 cm³/mol. The van der Waals surface area contributed by atoms with Crippen LogP contribution in [0.1, 0.15) is 17.3 Å². The number of ether oxygens (including phenoxy) is 1. The molecule has 0 spiro atoms. The van der Waals surface area contributed by atoms with Crippen LogP contribution in [0.2, 0.25) is 0 Å². The minimum Gasteiger partial charge on any atom is -0.477 e. The van der Waals surface area contributed by atoms with E-state index in [2.05, 4.69) is 15.0 Å². The zero-order chi connectivity index (χ0) is 11.8. The quantitative estimate of drug-likeness (QED) is 0.422. The van der Waals surface area contributed by atoms with Gasteiger partial charge in [0.25, 0.3) is 0 Å². The zero-order valence-electron chi connectivity index (χ0n) is 7.77. The predicted octanol–water partition coefficient (Wildman–Crippen LogP) is 2.84. The Morgan fingerprint density at radius 2 is 2.25 bits per heavy atom. The Morgan fingerprint density at radius 1 is 1.50 bits per heavy atom. The smallest absolute Gasteiger partial charge is 0.433 e. The molecule has 1 aromatic rings. The highest BCUT2D eigenvalue weighted by Crippen LogP contribution is 2.36. The summed E-state index contributed by atoms with van der Waals surface area (Å²) in [6, 6.07) is 1.46. The van der Waals surface area contributed by atoms with Crippen LogP contribution in [0.3, 0.4) is 0 Å². The van der Waals surface area contributed by atoms with E-state index in [0.29, 0.717) is 5.56 Å². The second kappa shape index (κ2) is 3.57. The normalized spacial score (nSPS) is 18.6. The van der Waals surface area contributed by atoms with Gasteiger partial charge in [0.2, 0.25) is 5.88 Å². The second-order valence-corrected chi connectivity index (χ2v) is 3.12. The SMILES string of the molecule is [N-]=[N+]=N[C@@H]1COc2nc(C(F)(F)F)ccc21. The molecule has 1 atom stereocenters. The fraction of sp³-hybridized carbons (Fsp3) is 0.375. The van der Waals surface area contributed by atoms with Gasteiger partial charge in [-0.2, -0.15) is 13.2 Å². The van der Waals surface area contributed by atoms with E-state index in [1.165, 1.54) is 6.07 Å². The van der Waals surface area contributed by atoms with Gasteiger partial charge in [0.05, 0.1) is 0 Å². The number of pyridine rings is 1. The lowest BCUT2D eigenvalue weighted by atomic mass is 10.1. The third-order valence-corrected chi connectivity index (χ3v) is 2.11. The highest BCUT2D eigenvalue weighted by molar-refractivity contribution is 5.35. The van der Waals surface area contributed by atoms with Crippen molar-refractivity contribution in [3.05, 3.63) is 33.8 Å². The molecule has 0 fully saturated rings. The largest absolute Gasteiger partial charge is 0.477 e. The maximum absolute atomic E-state index is 12.3. The van der Waals surface area contributed by atoms with Crippen LogP contribution in [0.4, 0.5) is 13.2 Å². The van der Waals surface area contributed by atoms with E-state index >= 15 is 0 Å². The zero-order valence-corrected chi connectivity index (χ0v) is 7.77. The van der Waals surface area contributed by atoms with Crippen molar-refractivity contribution in [2.24, 2.45) is 5.11 Å². The van der Waals surface area contributed by atoms with Crippen LogP contribution in [-0.2, 0) is 6.18 Å². The molecular formula is C8H5F3N4O. The first-order valence-corrected chi connectivity index (χ1v) is 4.27. The second-order valence-electron chi connectivity index (χ2n) is 3.12. The van der Waals surface area contributed by atoms with Crippen molar-refractivity contribution in [1.29, 1.82) is 0 Å². The molecule has 5 nitrogen and oxygen atoms in total. The van der Waals surface area contributed by atoms with Crippen LogP contribution in [-0.4, -0.2) is 11.6 Å². The molecule has 0 bridgehead atoms. The Bertz CT molecular complexity index is 467. The number of azide groups is 1. The first kappa shape index (κ1) is 10.6. The molecule has 0 radical (unpaired) electrons. The molecule has 16 heavy (non-hydrogen) atoms. The van der Waals surface area contributed by atoms with Crippen molar-refractivity contribution < 1.29 is 17.9 Å². The summed E-state index contributed by atoms with van der Waals surface area (Å²) in [6.45, 7) is 0.0215. The van der Waals surface area contributed by atoms with Gasteiger partial charge in [-0.25, -0.2) is 4.98 Å². The van der Waals surface area contributed by atoms with Gasteiger partial charge >= 0.3 is 6.18 Å². The third-order valence-electron chi connectivity index (χ3n) is 2.11. The fourth-order valence-electron chi connectivity index (χ4n) is 1.38. The molecule has 2 heterocycles. The van der Waals surface area contributed by atoms with Crippen LogP contribution < -0.4 is 4.74 Å². The monoisotopic (exact) mass is 230 g/mol. The first-order chi connectivity index (χ1) is 7.52. The number of nitrogens with zero attached hydrogens (tertiary/aromatic N) is 4. The van der Waals surface area contributed by atoms with E-state index in [4.69, 9.17) is 10.3 Å². The molecular weight excluding hydrogens is 225 g/mol. The van der Waals surface area contributed by atoms with Crippen LogP contribution in [0.15, 0.2) is 17.2 Å². The summed E-state index contributed by atoms with van der Waals surface area (Å²) in [6.07, 6.45) is -4.50. The number of halogens is 3. The summed E-state index contributed by atoms with van der Waals surface area (Å²) in [5.41, 5.74) is 7.60. The summed E-state index contributed by atoms with van der Waals surface area (Å²) in [7, 11) is 0. The molecule has 0 unspecified atom stereocenters. The van der Waals surface area contributed by atoms with Crippen LogP contribution >= 0.6 is 0 Å². The summed E-state index contributed by atoms with van der Waals surface area (Å²) in [4.78, 5) is 5.91. The highest BCUT2D eigenvalue weighted by atomic mass is 19.4. The number of fused-ring (bicyclic) bond motifs is 1. The number of hydrogen-bond donors (Lipinski definition) is 0. The third kappa shape index (κ3) is 1.74. The minimum absolute atomic E-state index is 0.0215. The number of hydrogen-bond acceptors (Lipinski definition) is 3. The van der Waals surface area contributed by atoms with Gasteiger partial charge in [0.15, 0.2) is 0 Å². The molecule has 0 amide bonds. The van der Waals surface area contributed by atoms with E-state index in [1.54, 1.807) is 0 Å². The van der Waals surface area contributed by atoms with Crippen molar-refractivity contribution in [2.45, 2.75) is 12.2 Å². The molecule has 0 aliphatic carbocycles. The summed E-state index contributed by atoms with van der Waals surface area (Å²) in [5.74, 6) is -0.118. The van der Waals surface area contributed by atoms with Gasteiger partial charge in [-0.1, -0.05) is 11.2 Å². The van der Waals surface area contributed by atoms with Gasteiger partial charge in [-0.3, -0.25) is 0 Å². The van der Waals surface area contributed by atoms with E-state index in [9.17, 15) is 13.2 Å². The lowest BCUT2D eigenvalue weighted by Gasteiger charge is -2.06. The Balaban J connectivity index is 2.40. The van der Waals surface area contributed by atoms with Crippen molar-refractivity contribution in [3.8, 4) is 5.88 Å².